The zero-order chi connectivity index (χ0) is 0. The fourth-order valence-corrected chi connectivity index (χ4v) is 0. The normalized spacial score (nSPS) is 0. The molecule has 0 aliphatic carbocycles. The van der Waals surface area contributed by atoms with E-state index in [0.717, 1.165) is 0 Å². The van der Waals surface area contributed by atoms with Gasteiger partial charge in [0.2, 0.25) is 0 Å². The van der Waals surface area contributed by atoms with Crippen molar-refractivity contribution in [3.05, 3.63) is 0 Å². The van der Waals surface area contributed by atoms with Crippen LogP contribution in [0.15, 0.2) is 0 Å². The zero-order valence-corrected chi connectivity index (χ0v) is 13.8. The third-order valence-corrected chi connectivity index (χ3v) is 0. The smallest absolute Gasteiger partial charge is 0.870 e. The van der Waals surface area contributed by atoms with Crippen molar-refractivity contribution in [1.82, 2.24) is 0 Å². The molecule has 0 rings (SSSR count). The van der Waals surface area contributed by atoms with Crippen LogP contribution in [-0.4, -0.2) is 46.3 Å². The Hall–Kier alpha value is 3.66. The average Bonchev–Trinajstić information content (AvgIpc) is 0. The van der Waals surface area contributed by atoms with Gasteiger partial charge in [-0.25, -0.2) is 0 Å². The van der Waals surface area contributed by atoms with Crippen LogP contribution >= 0.6 is 0 Å². The first kappa shape index (κ1) is 99.0. The molecule has 0 aliphatic rings. The van der Waals surface area contributed by atoms with Crippen LogP contribution in [0.25, 0.3) is 0 Å². The summed E-state index contributed by atoms with van der Waals surface area (Å²) in [6.07, 6.45) is 0. The van der Waals surface area contributed by atoms with Crippen LogP contribution in [0.3, 0.4) is 0 Å². The summed E-state index contributed by atoms with van der Waals surface area (Å²) in [5.41, 5.74) is 0. The van der Waals surface area contributed by atoms with E-state index in [4.69, 9.17) is 0 Å². The van der Waals surface area contributed by atoms with E-state index < -0.39 is 0 Å². The molecule has 37 valence electrons. The minimum absolute atomic E-state index is 0. The molecule has 4 nitrogen and oxygen atoms in total. The van der Waals surface area contributed by atoms with Crippen molar-refractivity contribution >= 4 is 24.4 Å². The Balaban J connectivity index is 0. The molecule has 0 aromatic rings. The van der Waals surface area contributed by atoms with Crippen LogP contribution in [0.4, 0.5) is 0 Å². The summed E-state index contributed by atoms with van der Waals surface area (Å²) < 4.78 is 0. The SMILES string of the molecule is O.[Na+].[Na+].[Na+].[OH-].[OH-].[OH-].[Sb]. The molecular formula is H5Na3O4Sb. The second-order valence-electron chi connectivity index (χ2n) is 0. The Morgan fingerprint density at radius 2 is 0.500 bits per heavy atom. The average molecular weight is 260 g/mol. The summed E-state index contributed by atoms with van der Waals surface area (Å²) in [5.74, 6) is 0. The van der Waals surface area contributed by atoms with Gasteiger partial charge in [-0.2, -0.15) is 0 Å². The number of rotatable bonds is 0. The van der Waals surface area contributed by atoms with Crippen LogP contribution in [-0.2, 0) is 0 Å². The third kappa shape index (κ3) is 54.1. The molecule has 0 saturated carbocycles. The summed E-state index contributed by atoms with van der Waals surface area (Å²) in [7, 11) is 0. The Morgan fingerprint density at radius 3 is 0.500 bits per heavy atom. The van der Waals surface area contributed by atoms with Crippen molar-refractivity contribution in [1.29, 1.82) is 0 Å². The Bertz CT molecular complexity index is 11.2. The molecule has 0 spiro atoms. The maximum Gasteiger partial charge on any atom is 1.00 e. The molecule has 0 amide bonds. The van der Waals surface area contributed by atoms with Crippen LogP contribution in [0.5, 0.6) is 0 Å². The van der Waals surface area contributed by atoms with Crippen molar-refractivity contribution in [2.24, 2.45) is 0 Å². The second-order valence-corrected chi connectivity index (χ2v) is 0. The second kappa shape index (κ2) is 74.3. The van der Waals surface area contributed by atoms with Crippen LogP contribution < -0.4 is 88.7 Å². The topological polar surface area (TPSA) is 122 Å². The molecule has 8 heteroatoms. The van der Waals surface area contributed by atoms with Gasteiger partial charge in [0.05, 0.1) is 0 Å². The molecule has 0 fully saturated rings. The Labute approximate surface area is 132 Å². The van der Waals surface area contributed by atoms with Gasteiger partial charge in [-0.05, 0) is 0 Å². The molecule has 0 aromatic heterocycles. The van der Waals surface area contributed by atoms with E-state index >= 15 is 0 Å². The molecule has 0 aliphatic heterocycles. The first-order valence-electron chi connectivity index (χ1n) is 0. The predicted molar refractivity (Wildman–Crippen MR) is 15.2 cm³/mol. The van der Waals surface area contributed by atoms with E-state index in [1.54, 1.807) is 0 Å². The monoisotopic (exact) mass is 259 g/mol. The van der Waals surface area contributed by atoms with E-state index in [1.165, 1.54) is 0 Å². The van der Waals surface area contributed by atoms with E-state index in [1.807, 2.05) is 0 Å². The largest absolute Gasteiger partial charge is 1.00 e. The molecule has 8 heavy (non-hydrogen) atoms. The molecule has 5 N–H and O–H groups in total. The minimum atomic E-state index is 0. The van der Waals surface area contributed by atoms with Crippen molar-refractivity contribution < 1.29 is 111 Å². The first-order valence-corrected chi connectivity index (χ1v) is 0. The third-order valence-electron chi connectivity index (χ3n) is 0. The quantitative estimate of drug-likeness (QED) is 0.402. The van der Waals surface area contributed by atoms with Gasteiger partial charge in [0.15, 0.2) is 0 Å². The maximum absolute atomic E-state index is 0. The molecule has 0 aromatic carbocycles. The summed E-state index contributed by atoms with van der Waals surface area (Å²) in [6, 6.07) is 0. The van der Waals surface area contributed by atoms with E-state index in [9.17, 15) is 0 Å². The van der Waals surface area contributed by atoms with Gasteiger partial charge in [0.1, 0.15) is 0 Å². The molecule has 3 radical (unpaired) electrons. The van der Waals surface area contributed by atoms with Gasteiger partial charge in [-0.15, -0.1) is 0 Å². The van der Waals surface area contributed by atoms with Crippen molar-refractivity contribution in [3.8, 4) is 0 Å². The van der Waals surface area contributed by atoms with Crippen LogP contribution in [0.1, 0.15) is 0 Å². The van der Waals surface area contributed by atoms with Gasteiger partial charge in [-0.1, -0.05) is 0 Å². The zero-order valence-electron chi connectivity index (χ0n) is 5.29. The van der Waals surface area contributed by atoms with Gasteiger partial charge < -0.3 is 21.9 Å². The summed E-state index contributed by atoms with van der Waals surface area (Å²) in [5, 5.41) is 0. The van der Waals surface area contributed by atoms with Crippen LogP contribution in [0.2, 0.25) is 0 Å². The number of hydrogen-bond acceptors (Lipinski definition) is 3. The van der Waals surface area contributed by atoms with Gasteiger partial charge in [0, 0.05) is 24.4 Å². The molecule has 0 heterocycles. The van der Waals surface area contributed by atoms with E-state index in [0.29, 0.717) is 0 Å². The summed E-state index contributed by atoms with van der Waals surface area (Å²) >= 11 is 0. The minimum Gasteiger partial charge on any atom is -0.870 e. The fourth-order valence-electron chi connectivity index (χ4n) is 0. The molecule has 0 bridgehead atoms. The van der Waals surface area contributed by atoms with Crippen molar-refractivity contribution in [3.63, 3.8) is 0 Å². The van der Waals surface area contributed by atoms with E-state index in [2.05, 4.69) is 0 Å². The van der Waals surface area contributed by atoms with E-state index in [-0.39, 0.29) is 135 Å². The van der Waals surface area contributed by atoms with Crippen molar-refractivity contribution in [2.45, 2.75) is 0 Å². The van der Waals surface area contributed by atoms with Crippen LogP contribution in [0, 0.1) is 0 Å². The molecular weight excluding hydrogens is 255 g/mol. The number of hydrogen-bond donors (Lipinski definition) is 0. The van der Waals surface area contributed by atoms with Gasteiger partial charge in [0.25, 0.3) is 0 Å². The summed E-state index contributed by atoms with van der Waals surface area (Å²) in [6.45, 7) is 0. The summed E-state index contributed by atoms with van der Waals surface area (Å²) in [4.78, 5) is 0. The predicted octanol–water partition coefficient (Wildman–Crippen LogP) is -10.7. The Morgan fingerprint density at radius 1 is 0.500 bits per heavy atom. The van der Waals surface area contributed by atoms with Gasteiger partial charge >= 0.3 is 88.7 Å². The molecule has 0 saturated heterocycles. The molecule has 0 atom stereocenters. The first-order chi connectivity index (χ1) is 0. The molecule has 0 unspecified atom stereocenters. The maximum atomic E-state index is 0. The standard InChI is InChI=1S/3Na.4H2O.Sb/h;;;4*1H2;/q3*+1;;;;;/p-3. The van der Waals surface area contributed by atoms with Crippen molar-refractivity contribution in [2.75, 3.05) is 0 Å². The van der Waals surface area contributed by atoms with Gasteiger partial charge in [-0.3, -0.25) is 0 Å². The fraction of sp³-hybridized carbons (Fsp3) is 0. The Kier molecular flexibility index (Phi) is 919.